The van der Waals surface area contributed by atoms with Crippen LogP contribution in [0, 0.1) is 23.2 Å². The number of fused-ring (bicyclic) bond motifs is 1. The van der Waals surface area contributed by atoms with Crippen LogP contribution in [0.1, 0.15) is 57.6 Å². The Kier molecular flexibility index (Phi) is 8.47. The van der Waals surface area contributed by atoms with Crippen molar-refractivity contribution in [1.82, 2.24) is 0 Å². The van der Waals surface area contributed by atoms with Gasteiger partial charge in [-0.15, -0.1) is 13.2 Å². The molecule has 2 aromatic rings. The van der Waals surface area contributed by atoms with Gasteiger partial charge in [0.15, 0.2) is 0 Å². The Morgan fingerprint density at radius 2 is 1.85 bits per heavy atom. The second kappa shape index (κ2) is 11.5. The highest BCUT2D eigenvalue weighted by Gasteiger charge is 2.39. The molecule has 0 saturated heterocycles. The van der Waals surface area contributed by atoms with E-state index in [1.54, 1.807) is 19.2 Å². The summed E-state index contributed by atoms with van der Waals surface area (Å²) in [5.41, 5.74) is 3.59. The molecule has 1 heterocycles. The number of nitrogens with zero attached hydrogens (tertiary/aromatic N) is 1. The maximum Gasteiger partial charge on any atom is 0.573 e. The Hall–Kier alpha value is -3.23. The molecule has 0 aromatic heterocycles. The Bertz CT molecular complexity index is 1210. The first kappa shape index (κ1) is 28.8. The molecule has 1 aliphatic carbocycles. The number of carbonyl (C=O) groups is 1. The highest BCUT2D eigenvalue weighted by atomic mass is 19.4. The van der Waals surface area contributed by atoms with Crippen molar-refractivity contribution in [2.24, 2.45) is 28.2 Å². The van der Waals surface area contributed by atoms with Gasteiger partial charge in [-0.05, 0) is 96.9 Å². The molecular formula is C30H37F3N2O4. The maximum absolute atomic E-state index is 12.6. The van der Waals surface area contributed by atoms with Gasteiger partial charge in [0.2, 0.25) is 0 Å². The minimum atomic E-state index is -4.74. The molecule has 1 fully saturated rings. The van der Waals surface area contributed by atoms with Gasteiger partial charge in [-0.25, -0.2) is 4.99 Å². The number of halogens is 3. The number of esters is 1. The SMILES string of the molecule is COC(=O)CCc1cc2c(cc1OC)CC([C@H]1C[C@@H](C)CC(C)(C)C1)C(Nc1ccc(OC(F)(F)F)cc1)=N2. The van der Waals surface area contributed by atoms with Crippen molar-refractivity contribution in [2.45, 2.75) is 65.7 Å². The summed E-state index contributed by atoms with van der Waals surface area (Å²) in [5, 5.41) is 3.42. The molecule has 0 amide bonds. The summed E-state index contributed by atoms with van der Waals surface area (Å²) in [6.45, 7) is 6.92. The molecule has 1 aliphatic heterocycles. The zero-order valence-electron chi connectivity index (χ0n) is 23.2. The van der Waals surface area contributed by atoms with E-state index in [1.165, 1.54) is 25.7 Å². The summed E-state index contributed by atoms with van der Waals surface area (Å²) in [6, 6.07) is 9.71. The topological polar surface area (TPSA) is 69.2 Å². The van der Waals surface area contributed by atoms with E-state index < -0.39 is 6.36 Å². The zero-order chi connectivity index (χ0) is 28.4. The van der Waals surface area contributed by atoms with Crippen molar-refractivity contribution in [2.75, 3.05) is 19.5 Å². The normalized spacial score (nSPS) is 22.4. The Morgan fingerprint density at radius 1 is 1.13 bits per heavy atom. The molecule has 2 aliphatic rings. The minimum Gasteiger partial charge on any atom is -0.496 e. The lowest BCUT2D eigenvalue weighted by Gasteiger charge is -2.43. The summed E-state index contributed by atoms with van der Waals surface area (Å²) < 4.78 is 52.4. The molecule has 9 heteroatoms. The number of hydrogen-bond donors (Lipinski definition) is 1. The highest BCUT2D eigenvalue weighted by Crippen LogP contribution is 2.47. The lowest BCUT2D eigenvalue weighted by Crippen LogP contribution is -2.39. The number of alkyl halides is 3. The highest BCUT2D eigenvalue weighted by molar-refractivity contribution is 6.00. The summed E-state index contributed by atoms with van der Waals surface area (Å²) in [4.78, 5) is 16.8. The molecule has 0 bridgehead atoms. The number of carbonyl (C=O) groups excluding carboxylic acids is 1. The first-order valence-electron chi connectivity index (χ1n) is 13.3. The average molecular weight is 547 g/mol. The Labute approximate surface area is 227 Å². The largest absolute Gasteiger partial charge is 0.573 e. The smallest absolute Gasteiger partial charge is 0.496 e. The van der Waals surface area contributed by atoms with Gasteiger partial charge in [-0.1, -0.05) is 20.8 Å². The number of benzene rings is 2. The molecule has 39 heavy (non-hydrogen) atoms. The Morgan fingerprint density at radius 3 is 2.46 bits per heavy atom. The molecule has 2 aromatic carbocycles. The van der Waals surface area contributed by atoms with Gasteiger partial charge in [0, 0.05) is 18.0 Å². The third-order valence-corrected chi connectivity index (χ3v) is 7.69. The van der Waals surface area contributed by atoms with E-state index >= 15 is 0 Å². The maximum atomic E-state index is 12.6. The fraction of sp³-hybridized carbons (Fsp3) is 0.533. The van der Waals surface area contributed by atoms with E-state index in [-0.39, 0.29) is 29.5 Å². The molecule has 3 atom stereocenters. The number of aryl methyl sites for hydroxylation is 1. The number of ether oxygens (including phenoxy) is 3. The molecule has 1 N–H and O–H groups in total. The van der Waals surface area contributed by atoms with Crippen molar-refractivity contribution in [1.29, 1.82) is 0 Å². The van der Waals surface area contributed by atoms with Crippen molar-refractivity contribution in [3.8, 4) is 11.5 Å². The number of amidine groups is 1. The molecule has 6 nitrogen and oxygen atoms in total. The van der Waals surface area contributed by atoms with Crippen LogP contribution in [-0.2, 0) is 22.4 Å². The van der Waals surface area contributed by atoms with Gasteiger partial charge >= 0.3 is 12.3 Å². The second-order valence-corrected chi connectivity index (χ2v) is 11.5. The molecule has 0 spiro atoms. The van der Waals surface area contributed by atoms with E-state index in [0.29, 0.717) is 23.9 Å². The van der Waals surface area contributed by atoms with Crippen LogP contribution in [0.15, 0.2) is 41.4 Å². The standard InChI is InChI=1S/C30H37F3N2O4/c1-18-12-21(17-29(2,3)16-18)24-13-20-15-26(37-4)19(6-11-27(36)38-5)14-25(20)35-28(24)34-22-7-9-23(10-8-22)39-30(31,32)33/h7-10,14-15,18,21,24H,6,11-13,16-17H2,1-5H3,(H,34,35)/t18-,21+,24?/m1/s1. The van der Waals surface area contributed by atoms with E-state index in [1.807, 2.05) is 12.1 Å². The molecule has 212 valence electrons. The first-order chi connectivity index (χ1) is 18.4. The number of aliphatic imine (C=N–C) groups is 1. The van der Waals surface area contributed by atoms with Gasteiger partial charge < -0.3 is 19.5 Å². The fourth-order valence-corrected chi connectivity index (χ4v) is 6.32. The van der Waals surface area contributed by atoms with E-state index in [2.05, 4.69) is 30.8 Å². The zero-order valence-corrected chi connectivity index (χ0v) is 23.2. The van der Waals surface area contributed by atoms with Crippen molar-refractivity contribution in [3.63, 3.8) is 0 Å². The van der Waals surface area contributed by atoms with Crippen LogP contribution < -0.4 is 14.8 Å². The molecule has 0 radical (unpaired) electrons. The van der Waals surface area contributed by atoms with Crippen LogP contribution in [0.25, 0.3) is 0 Å². The van der Waals surface area contributed by atoms with E-state index in [4.69, 9.17) is 14.5 Å². The average Bonchev–Trinajstić information content (AvgIpc) is 2.85. The van der Waals surface area contributed by atoms with Crippen LogP contribution in [0.2, 0.25) is 0 Å². The number of methoxy groups -OCH3 is 2. The number of rotatable bonds is 7. The Balaban J connectivity index is 1.68. The van der Waals surface area contributed by atoms with Crippen LogP contribution in [0.5, 0.6) is 11.5 Å². The van der Waals surface area contributed by atoms with E-state index in [0.717, 1.165) is 47.7 Å². The first-order valence-corrected chi connectivity index (χ1v) is 13.3. The summed E-state index contributed by atoms with van der Waals surface area (Å²) in [5.74, 6) is 2.03. The molecule has 1 saturated carbocycles. The van der Waals surface area contributed by atoms with Gasteiger partial charge in [0.1, 0.15) is 17.3 Å². The van der Waals surface area contributed by atoms with Crippen LogP contribution >= 0.6 is 0 Å². The predicted octanol–water partition coefficient (Wildman–Crippen LogP) is 7.48. The number of nitrogens with one attached hydrogen (secondary N) is 1. The van der Waals surface area contributed by atoms with Crippen molar-refractivity contribution in [3.05, 3.63) is 47.5 Å². The third kappa shape index (κ3) is 7.46. The van der Waals surface area contributed by atoms with Crippen molar-refractivity contribution >= 4 is 23.2 Å². The molecule has 4 rings (SSSR count). The van der Waals surface area contributed by atoms with Gasteiger partial charge in [-0.3, -0.25) is 4.79 Å². The quantitative estimate of drug-likeness (QED) is 0.365. The van der Waals surface area contributed by atoms with Gasteiger partial charge in [-0.2, -0.15) is 0 Å². The predicted molar refractivity (Wildman–Crippen MR) is 145 cm³/mol. The fourth-order valence-electron chi connectivity index (χ4n) is 6.32. The van der Waals surface area contributed by atoms with Crippen LogP contribution in [0.3, 0.4) is 0 Å². The van der Waals surface area contributed by atoms with Gasteiger partial charge in [0.05, 0.1) is 19.9 Å². The summed E-state index contributed by atoms with van der Waals surface area (Å²) >= 11 is 0. The summed E-state index contributed by atoms with van der Waals surface area (Å²) in [7, 11) is 2.99. The minimum absolute atomic E-state index is 0.108. The van der Waals surface area contributed by atoms with Crippen molar-refractivity contribution < 1.29 is 32.2 Å². The number of hydrogen-bond acceptors (Lipinski definition) is 6. The van der Waals surface area contributed by atoms with Crippen LogP contribution in [-0.4, -0.2) is 32.4 Å². The monoisotopic (exact) mass is 546 g/mol. The lowest BCUT2D eigenvalue weighted by atomic mass is 9.63. The molecular weight excluding hydrogens is 509 g/mol. The second-order valence-electron chi connectivity index (χ2n) is 11.5. The number of anilines is 1. The van der Waals surface area contributed by atoms with E-state index in [9.17, 15) is 18.0 Å². The summed E-state index contributed by atoms with van der Waals surface area (Å²) in [6.07, 6.45) is 0.0164. The molecule has 1 unspecified atom stereocenters. The van der Waals surface area contributed by atoms with Crippen LogP contribution in [0.4, 0.5) is 24.5 Å². The third-order valence-electron chi connectivity index (χ3n) is 7.69. The van der Waals surface area contributed by atoms with Gasteiger partial charge in [0.25, 0.3) is 0 Å². The lowest BCUT2D eigenvalue weighted by molar-refractivity contribution is -0.274.